The zero-order valence-electron chi connectivity index (χ0n) is 23.2. The van der Waals surface area contributed by atoms with Gasteiger partial charge in [-0.1, -0.05) is 0 Å². The molecule has 0 aliphatic heterocycles. The quantitative estimate of drug-likeness (QED) is 0.252. The average Bonchev–Trinajstić information content (AvgIpc) is 3.30. The zero-order valence-corrected chi connectivity index (χ0v) is 23.2. The minimum atomic E-state index is -6.25. The van der Waals surface area contributed by atoms with Gasteiger partial charge in [-0.05, 0) is 101 Å². The van der Waals surface area contributed by atoms with E-state index < -0.39 is 77.1 Å². The maximum absolute atomic E-state index is 14.8. The van der Waals surface area contributed by atoms with Crippen molar-refractivity contribution < 1.29 is 64.4 Å². The summed E-state index contributed by atoms with van der Waals surface area (Å²) in [6.07, 6.45) is -12.0. The average molecular weight is 625 g/mol. The van der Waals surface area contributed by atoms with Gasteiger partial charge in [0.2, 0.25) is 0 Å². The zero-order chi connectivity index (χ0) is 31.6. The highest BCUT2D eigenvalue weighted by Gasteiger charge is 2.76. The largest absolute Gasteiger partial charge is 0.485 e. The fraction of sp³-hybridized carbons (Fsp3) is 0.690. The Kier molecular flexibility index (Phi) is 7.69. The van der Waals surface area contributed by atoms with Gasteiger partial charge in [-0.25, -0.2) is 9.18 Å². The van der Waals surface area contributed by atoms with Gasteiger partial charge in [0.25, 0.3) is 0 Å². The van der Waals surface area contributed by atoms with Gasteiger partial charge in [-0.3, -0.25) is 9.59 Å². The number of halogens is 7. The molecule has 0 amide bonds. The molecule has 0 radical (unpaired) electrons. The molecule has 1 aromatic rings. The van der Waals surface area contributed by atoms with Crippen LogP contribution in [0.15, 0.2) is 18.2 Å². The molecule has 2 atom stereocenters. The smallest absolute Gasteiger partial charge is 0.438 e. The highest BCUT2D eigenvalue weighted by molar-refractivity contribution is 5.89. The molecule has 238 valence electrons. The van der Waals surface area contributed by atoms with Gasteiger partial charge in [0.15, 0.2) is 11.6 Å². The van der Waals surface area contributed by atoms with Gasteiger partial charge in [-0.2, -0.15) is 26.3 Å². The molecule has 1 N–H and O–H groups in total. The number of esters is 2. The molecule has 5 fully saturated rings. The molecular weight excluding hydrogens is 593 g/mol. The summed E-state index contributed by atoms with van der Waals surface area (Å²) in [4.78, 5) is 37.2. The van der Waals surface area contributed by atoms with Crippen LogP contribution in [0, 0.1) is 29.0 Å². The van der Waals surface area contributed by atoms with Crippen molar-refractivity contribution in [1.29, 1.82) is 0 Å². The first kappa shape index (κ1) is 31.4. The van der Waals surface area contributed by atoms with E-state index in [9.17, 15) is 45.1 Å². The minimum Gasteiger partial charge on any atom is -0.485 e. The molecule has 0 spiro atoms. The van der Waals surface area contributed by atoms with Crippen molar-refractivity contribution in [3.63, 3.8) is 0 Å². The van der Waals surface area contributed by atoms with E-state index in [1.54, 1.807) is 0 Å². The van der Waals surface area contributed by atoms with Gasteiger partial charge in [-0.15, -0.1) is 0 Å². The second-order valence-corrected chi connectivity index (χ2v) is 12.8. The van der Waals surface area contributed by atoms with E-state index in [1.165, 1.54) is 12.1 Å². The Labute approximate surface area is 242 Å². The third-order valence-corrected chi connectivity index (χ3v) is 9.63. The lowest BCUT2D eigenvalue weighted by Gasteiger charge is -2.58. The first-order chi connectivity index (χ1) is 19.9. The van der Waals surface area contributed by atoms with Gasteiger partial charge >= 0.3 is 35.9 Å². The first-order valence-electron chi connectivity index (χ1n) is 14.2. The topological polar surface area (TPSA) is 99.1 Å². The number of hydrogen-bond donors (Lipinski definition) is 1. The summed E-state index contributed by atoms with van der Waals surface area (Å²) in [6, 6.07) is 3.67. The van der Waals surface area contributed by atoms with Crippen molar-refractivity contribution >= 4 is 17.9 Å². The van der Waals surface area contributed by atoms with Crippen LogP contribution in [0.4, 0.5) is 30.7 Å². The van der Waals surface area contributed by atoms with Crippen LogP contribution in [0.2, 0.25) is 0 Å². The number of carbonyl (C=O) groups excluding carboxylic acids is 2. The second-order valence-electron chi connectivity index (χ2n) is 12.8. The highest BCUT2D eigenvalue weighted by atomic mass is 19.4. The molecule has 43 heavy (non-hydrogen) atoms. The fourth-order valence-corrected chi connectivity index (χ4v) is 7.81. The van der Waals surface area contributed by atoms with E-state index in [-0.39, 0.29) is 36.5 Å². The van der Waals surface area contributed by atoms with Crippen LogP contribution in [-0.4, -0.2) is 52.7 Å². The molecule has 2 unspecified atom stereocenters. The third kappa shape index (κ3) is 5.65. The summed E-state index contributed by atoms with van der Waals surface area (Å²) in [5.74, 6) is -7.20. The summed E-state index contributed by atoms with van der Waals surface area (Å²) >= 11 is 0. The summed E-state index contributed by atoms with van der Waals surface area (Å²) < 4.78 is 113. The van der Waals surface area contributed by atoms with Crippen LogP contribution in [0.25, 0.3) is 0 Å². The molecule has 7 nitrogen and oxygen atoms in total. The molecule has 0 saturated heterocycles. The van der Waals surface area contributed by atoms with Crippen molar-refractivity contribution in [3.8, 4) is 5.75 Å². The van der Waals surface area contributed by atoms with E-state index in [1.807, 2.05) is 6.92 Å². The number of hydrogen-bond acceptors (Lipinski definition) is 6. The molecule has 5 saturated carbocycles. The number of benzene rings is 1. The lowest BCUT2D eigenvalue weighted by Crippen LogP contribution is -2.64. The van der Waals surface area contributed by atoms with E-state index in [2.05, 4.69) is 4.74 Å². The van der Waals surface area contributed by atoms with E-state index in [0.29, 0.717) is 12.8 Å². The Morgan fingerprint density at radius 3 is 2.05 bits per heavy atom. The SMILES string of the molecule is CC1(Oc2ccc(C(=O)OC3C4CC5CC3CC(C(=O)OC(CC(=O)O)(C(F)(F)F)C(F)(F)F)(C5)C4)cc2F)CCCC1. The van der Waals surface area contributed by atoms with Crippen LogP contribution < -0.4 is 4.74 Å². The number of ether oxygens (including phenoxy) is 3. The highest BCUT2D eigenvalue weighted by Crippen LogP contribution is 2.62. The van der Waals surface area contributed by atoms with Gasteiger partial charge < -0.3 is 19.3 Å². The number of alkyl halides is 6. The summed E-state index contributed by atoms with van der Waals surface area (Å²) in [5.41, 5.74) is -7.54. The summed E-state index contributed by atoms with van der Waals surface area (Å²) in [7, 11) is 0. The second kappa shape index (κ2) is 10.5. The monoisotopic (exact) mass is 624 g/mol. The Balaban J connectivity index is 1.31. The predicted molar refractivity (Wildman–Crippen MR) is 132 cm³/mol. The number of aliphatic carboxylic acids is 1. The fourth-order valence-electron chi connectivity index (χ4n) is 7.81. The number of rotatable bonds is 8. The molecule has 5 aliphatic carbocycles. The molecule has 0 aromatic heterocycles. The summed E-state index contributed by atoms with van der Waals surface area (Å²) in [6.45, 7) is 1.88. The molecule has 0 heterocycles. The van der Waals surface area contributed by atoms with Crippen LogP contribution in [0.5, 0.6) is 5.75 Å². The molecule has 5 aliphatic rings. The van der Waals surface area contributed by atoms with Gasteiger partial charge in [0, 0.05) is 0 Å². The van der Waals surface area contributed by atoms with Crippen LogP contribution in [0.3, 0.4) is 0 Å². The van der Waals surface area contributed by atoms with Crippen LogP contribution in [0.1, 0.15) is 81.5 Å². The Morgan fingerprint density at radius 2 is 1.53 bits per heavy atom. The van der Waals surface area contributed by atoms with Crippen molar-refractivity contribution in [1.82, 2.24) is 0 Å². The normalized spacial score (nSPS) is 29.8. The first-order valence-corrected chi connectivity index (χ1v) is 14.2. The van der Waals surface area contributed by atoms with Gasteiger partial charge in [0.05, 0.1) is 11.0 Å². The predicted octanol–water partition coefficient (Wildman–Crippen LogP) is 6.77. The molecule has 6 rings (SSSR count). The van der Waals surface area contributed by atoms with E-state index in [0.717, 1.165) is 31.7 Å². The van der Waals surface area contributed by atoms with Crippen LogP contribution >= 0.6 is 0 Å². The Bertz CT molecular complexity index is 1250. The van der Waals surface area contributed by atoms with Crippen molar-refractivity contribution in [2.45, 2.75) is 101 Å². The minimum absolute atomic E-state index is 0.00675. The molecule has 4 bridgehead atoms. The number of carbonyl (C=O) groups is 3. The van der Waals surface area contributed by atoms with Crippen LogP contribution in [-0.2, 0) is 19.1 Å². The molecular formula is C29H31F7O7. The van der Waals surface area contributed by atoms with Gasteiger partial charge in [0.1, 0.15) is 18.1 Å². The molecule has 1 aromatic carbocycles. The van der Waals surface area contributed by atoms with Crippen molar-refractivity contribution in [2.24, 2.45) is 23.2 Å². The standard InChI is InChI=1S/C29H31F7O7/c1-25(6-2-3-7-25)42-20-5-4-16(10-19(20)30)23(39)41-22-17-8-15-9-18(22)13-26(11-15,12-17)24(40)43-27(14-21(37)38,28(31,32)33)29(34,35)36/h4-5,10,15,17-18,22H,2-3,6-9,11-14H2,1H3,(H,37,38). The van der Waals surface area contributed by atoms with E-state index >= 15 is 0 Å². The lowest BCUT2D eigenvalue weighted by atomic mass is 9.48. The summed E-state index contributed by atoms with van der Waals surface area (Å²) in [5, 5.41) is 8.87. The number of carboxylic acid groups (broad SMARTS) is 1. The van der Waals surface area contributed by atoms with Crippen molar-refractivity contribution in [3.05, 3.63) is 29.6 Å². The molecule has 14 heteroatoms. The maximum Gasteiger partial charge on any atom is 0.438 e. The number of carboxylic acids is 1. The van der Waals surface area contributed by atoms with E-state index in [4.69, 9.17) is 14.6 Å². The van der Waals surface area contributed by atoms with Crippen molar-refractivity contribution in [2.75, 3.05) is 0 Å². The lowest BCUT2D eigenvalue weighted by molar-refractivity contribution is -0.372. The maximum atomic E-state index is 14.8. The third-order valence-electron chi connectivity index (χ3n) is 9.63. The Morgan fingerprint density at radius 1 is 0.953 bits per heavy atom. The Hall–Kier alpha value is -3.06.